The highest BCUT2D eigenvalue weighted by Crippen LogP contribution is 2.26. The lowest BCUT2D eigenvalue weighted by Crippen LogP contribution is -2.65. The Morgan fingerprint density at radius 1 is 1.33 bits per heavy atom. The third-order valence-electron chi connectivity index (χ3n) is 3.65. The minimum absolute atomic E-state index is 0.0562. The number of nitrogens with zero attached hydrogens (tertiary/aromatic N) is 2. The van der Waals surface area contributed by atoms with Crippen molar-refractivity contribution in [3.05, 3.63) is 28.5 Å². The summed E-state index contributed by atoms with van der Waals surface area (Å²) in [6, 6.07) is 2.74. The van der Waals surface area contributed by atoms with Gasteiger partial charge in [-0.05, 0) is 40.4 Å². The molecule has 0 aliphatic carbocycles. The molecule has 2 rings (SSSR count). The maximum atomic E-state index is 12.7. The van der Waals surface area contributed by atoms with E-state index in [9.17, 15) is 9.59 Å². The molecule has 1 fully saturated rings. The number of amides is 2. The zero-order chi connectivity index (χ0) is 15.8. The molecule has 0 spiro atoms. The quantitative estimate of drug-likeness (QED) is 0.885. The monoisotopic (exact) mass is 353 g/mol. The number of piperazine rings is 1. The third kappa shape index (κ3) is 3.43. The fraction of sp³-hybridized carbons (Fsp3) is 0.533. The Labute approximate surface area is 133 Å². The molecule has 1 aliphatic rings. The van der Waals surface area contributed by atoms with Gasteiger partial charge in [-0.25, -0.2) is 0 Å². The van der Waals surface area contributed by atoms with Gasteiger partial charge >= 0.3 is 0 Å². The molecule has 0 radical (unpaired) electrons. The Balaban J connectivity index is 2.24. The van der Waals surface area contributed by atoms with E-state index in [0.29, 0.717) is 6.54 Å². The Morgan fingerprint density at radius 3 is 2.52 bits per heavy atom. The summed E-state index contributed by atoms with van der Waals surface area (Å²) in [5.41, 5.74) is 0.443. The van der Waals surface area contributed by atoms with Gasteiger partial charge in [0, 0.05) is 10.7 Å². The predicted octanol–water partition coefficient (Wildman–Crippen LogP) is 2.11. The van der Waals surface area contributed by atoms with Crippen molar-refractivity contribution < 1.29 is 9.59 Å². The molecule has 1 saturated heterocycles. The van der Waals surface area contributed by atoms with Crippen LogP contribution in [-0.2, 0) is 16.1 Å². The zero-order valence-electron chi connectivity index (χ0n) is 12.7. The van der Waals surface area contributed by atoms with Crippen LogP contribution in [0.1, 0.15) is 33.4 Å². The van der Waals surface area contributed by atoms with Gasteiger partial charge in [0.1, 0.15) is 12.1 Å². The normalized spacial score (nSPS) is 23.2. The van der Waals surface area contributed by atoms with Gasteiger partial charge in [-0.15, -0.1) is 0 Å². The molecule has 114 valence electrons. The van der Waals surface area contributed by atoms with Gasteiger partial charge in [-0.1, -0.05) is 20.8 Å². The number of pyridine rings is 1. The predicted molar refractivity (Wildman–Crippen MR) is 83.3 cm³/mol. The minimum atomic E-state index is -0.503. The van der Waals surface area contributed by atoms with Crippen molar-refractivity contribution in [2.75, 3.05) is 0 Å². The molecule has 0 bridgehead atoms. The van der Waals surface area contributed by atoms with Gasteiger partial charge in [0.05, 0.1) is 12.2 Å². The second kappa shape index (κ2) is 5.75. The summed E-state index contributed by atoms with van der Waals surface area (Å²) in [7, 11) is 0. The van der Waals surface area contributed by atoms with Crippen molar-refractivity contribution in [2.24, 2.45) is 5.41 Å². The number of rotatable bonds is 2. The number of hydrogen-bond donors (Lipinski definition) is 1. The summed E-state index contributed by atoms with van der Waals surface area (Å²) in [5.74, 6) is -0.175. The number of carbonyl (C=O) groups excluding carboxylic acids is 2. The minimum Gasteiger partial charge on any atom is -0.342 e. The molecule has 0 aromatic carbocycles. The van der Waals surface area contributed by atoms with Crippen LogP contribution in [0.5, 0.6) is 0 Å². The van der Waals surface area contributed by atoms with Crippen LogP contribution >= 0.6 is 15.9 Å². The highest BCUT2D eigenvalue weighted by atomic mass is 79.9. The Hall–Kier alpha value is -1.43. The largest absolute Gasteiger partial charge is 0.342 e. The first-order valence-electron chi connectivity index (χ1n) is 6.91. The van der Waals surface area contributed by atoms with E-state index in [1.165, 1.54) is 0 Å². The number of aromatic nitrogens is 1. The van der Waals surface area contributed by atoms with Crippen molar-refractivity contribution >= 4 is 27.7 Å². The lowest BCUT2D eigenvalue weighted by molar-refractivity contribution is -0.152. The average Bonchev–Trinajstić information content (AvgIpc) is 2.40. The summed E-state index contributed by atoms with van der Waals surface area (Å²) in [5, 5.41) is 2.82. The molecule has 2 heterocycles. The Morgan fingerprint density at radius 2 is 2.00 bits per heavy atom. The summed E-state index contributed by atoms with van der Waals surface area (Å²) in [6.45, 7) is 7.92. The van der Waals surface area contributed by atoms with E-state index in [1.807, 2.05) is 32.9 Å². The van der Waals surface area contributed by atoms with Gasteiger partial charge < -0.3 is 10.2 Å². The van der Waals surface area contributed by atoms with Crippen molar-refractivity contribution in [2.45, 2.75) is 46.3 Å². The summed E-state index contributed by atoms with van der Waals surface area (Å²) < 4.78 is 0.884. The van der Waals surface area contributed by atoms with Crippen LogP contribution in [-0.4, -0.2) is 33.8 Å². The molecule has 2 atom stereocenters. The molecule has 2 unspecified atom stereocenters. The molecule has 0 saturated carbocycles. The number of nitrogens with one attached hydrogen (secondary N) is 1. The van der Waals surface area contributed by atoms with Crippen molar-refractivity contribution in [1.82, 2.24) is 15.2 Å². The van der Waals surface area contributed by atoms with E-state index < -0.39 is 12.1 Å². The van der Waals surface area contributed by atoms with Crippen molar-refractivity contribution in [3.63, 3.8) is 0 Å². The molecular weight excluding hydrogens is 334 g/mol. The van der Waals surface area contributed by atoms with E-state index in [4.69, 9.17) is 0 Å². The van der Waals surface area contributed by atoms with Gasteiger partial charge in [-0.2, -0.15) is 0 Å². The summed E-state index contributed by atoms with van der Waals surface area (Å²) in [6.07, 6.45) is 1.69. The van der Waals surface area contributed by atoms with E-state index >= 15 is 0 Å². The topological polar surface area (TPSA) is 62.3 Å². The molecule has 1 aromatic rings. The lowest BCUT2D eigenvalue weighted by Gasteiger charge is -2.42. The lowest BCUT2D eigenvalue weighted by atomic mass is 9.84. The second-order valence-corrected chi connectivity index (χ2v) is 7.33. The van der Waals surface area contributed by atoms with Gasteiger partial charge in [0.15, 0.2) is 0 Å². The Bertz CT molecular complexity index is 551. The number of carbonyl (C=O) groups is 2. The van der Waals surface area contributed by atoms with Crippen LogP contribution in [0.15, 0.2) is 22.8 Å². The van der Waals surface area contributed by atoms with Crippen LogP contribution in [0.2, 0.25) is 0 Å². The Kier molecular flexibility index (Phi) is 4.37. The standard InChI is InChI=1S/C15H20BrN3O2/c1-9-13(20)18-12(15(2,3)4)14(21)19(9)8-11-6-5-10(16)7-17-11/h5-7,9,12H,8H2,1-4H3,(H,18,20). The van der Waals surface area contributed by atoms with Crippen LogP contribution in [0.4, 0.5) is 0 Å². The first-order valence-corrected chi connectivity index (χ1v) is 7.71. The molecule has 1 N–H and O–H groups in total. The van der Waals surface area contributed by atoms with E-state index in [0.717, 1.165) is 10.2 Å². The second-order valence-electron chi connectivity index (χ2n) is 6.42. The maximum Gasteiger partial charge on any atom is 0.246 e. The molecular formula is C15H20BrN3O2. The number of halogens is 1. The van der Waals surface area contributed by atoms with Gasteiger partial charge in [0.2, 0.25) is 11.8 Å². The van der Waals surface area contributed by atoms with Gasteiger partial charge in [-0.3, -0.25) is 14.6 Å². The number of hydrogen-bond acceptors (Lipinski definition) is 3. The maximum absolute atomic E-state index is 12.7. The fourth-order valence-corrected chi connectivity index (χ4v) is 2.53. The van der Waals surface area contributed by atoms with Crippen molar-refractivity contribution in [3.8, 4) is 0 Å². The summed E-state index contributed by atoms with van der Waals surface area (Å²) >= 11 is 3.33. The van der Waals surface area contributed by atoms with Crippen molar-refractivity contribution in [1.29, 1.82) is 0 Å². The smallest absolute Gasteiger partial charge is 0.246 e. The molecule has 21 heavy (non-hydrogen) atoms. The van der Waals surface area contributed by atoms with Crippen LogP contribution in [0, 0.1) is 5.41 Å². The SMILES string of the molecule is CC1C(=O)NC(C(C)(C)C)C(=O)N1Cc1ccc(Br)cn1. The van der Waals surface area contributed by atoms with Crippen LogP contribution < -0.4 is 5.32 Å². The fourth-order valence-electron chi connectivity index (χ4n) is 2.30. The molecule has 5 nitrogen and oxygen atoms in total. The first-order chi connectivity index (χ1) is 9.70. The van der Waals surface area contributed by atoms with Crippen LogP contribution in [0.3, 0.4) is 0 Å². The molecule has 6 heteroatoms. The summed E-state index contributed by atoms with van der Waals surface area (Å²) in [4.78, 5) is 30.7. The van der Waals surface area contributed by atoms with Crippen LogP contribution in [0.25, 0.3) is 0 Å². The average molecular weight is 354 g/mol. The molecule has 1 aliphatic heterocycles. The highest BCUT2D eigenvalue weighted by molar-refractivity contribution is 9.10. The van der Waals surface area contributed by atoms with Gasteiger partial charge in [0.25, 0.3) is 0 Å². The van der Waals surface area contributed by atoms with E-state index in [1.54, 1.807) is 18.0 Å². The van der Waals surface area contributed by atoms with E-state index in [-0.39, 0.29) is 17.2 Å². The zero-order valence-corrected chi connectivity index (χ0v) is 14.3. The third-order valence-corrected chi connectivity index (χ3v) is 4.12. The van der Waals surface area contributed by atoms with E-state index in [2.05, 4.69) is 26.2 Å². The first kappa shape index (κ1) is 15.9. The highest BCUT2D eigenvalue weighted by Gasteiger charge is 2.43. The molecule has 2 amide bonds. The molecule has 1 aromatic heterocycles.